The van der Waals surface area contributed by atoms with Crippen molar-refractivity contribution in [2.75, 3.05) is 30.8 Å². The van der Waals surface area contributed by atoms with Gasteiger partial charge in [-0.1, -0.05) is 0 Å². The van der Waals surface area contributed by atoms with Gasteiger partial charge in [-0.3, -0.25) is 10.1 Å². The molecule has 12 heteroatoms. The summed E-state index contributed by atoms with van der Waals surface area (Å²) in [6.07, 6.45) is 3.04. The molecule has 2 aromatic heterocycles. The van der Waals surface area contributed by atoms with Gasteiger partial charge in [-0.2, -0.15) is 0 Å². The van der Waals surface area contributed by atoms with E-state index in [0.29, 0.717) is 23.9 Å². The molecule has 0 unspecified atom stereocenters. The zero-order chi connectivity index (χ0) is 19.8. The molecular formula is C15H20N7O4S+. The Kier molecular flexibility index (Phi) is 7.02. The fraction of sp³-hybridized carbons (Fsp3) is 0.267. The van der Waals surface area contributed by atoms with E-state index >= 15 is 0 Å². The molecule has 11 nitrogen and oxygen atoms in total. The normalized spacial score (nSPS) is 11.6. The number of nitrogens with two attached hydrogens (primary N) is 2. The Bertz CT molecular complexity index is 919. The van der Waals surface area contributed by atoms with Crippen molar-refractivity contribution < 1.29 is 18.9 Å². The van der Waals surface area contributed by atoms with E-state index in [1.165, 1.54) is 19.4 Å². The highest BCUT2D eigenvalue weighted by atomic mass is 32.1. The highest BCUT2D eigenvalue weighted by molar-refractivity contribution is 7.18. The average Bonchev–Trinajstić information content (AvgIpc) is 3.06. The molecule has 0 fully saturated rings. The number of rotatable bonds is 8. The monoisotopic (exact) mass is 394 g/mol. The third-order valence-corrected chi connectivity index (χ3v) is 3.85. The Hall–Kier alpha value is -3.25. The Morgan fingerprint density at radius 1 is 1.48 bits per heavy atom. The predicted molar refractivity (Wildman–Crippen MR) is 102 cm³/mol. The van der Waals surface area contributed by atoms with Gasteiger partial charge in [0.2, 0.25) is 10.9 Å². The van der Waals surface area contributed by atoms with Crippen molar-refractivity contribution in [3.8, 4) is 5.75 Å². The number of nitrogens with one attached hydrogen (secondary N) is 3. The molecular weight excluding hydrogens is 374 g/mol. The van der Waals surface area contributed by atoms with Crippen molar-refractivity contribution in [1.29, 1.82) is 0 Å². The minimum absolute atomic E-state index is 0.0404. The van der Waals surface area contributed by atoms with Gasteiger partial charge in [-0.15, -0.1) is 0 Å². The van der Waals surface area contributed by atoms with Crippen molar-refractivity contribution in [1.82, 2.24) is 10.2 Å². The van der Waals surface area contributed by atoms with E-state index in [4.69, 9.17) is 20.6 Å². The van der Waals surface area contributed by atoms with E-state index in [1.54, 1.807) is 13.0 Å². The zero-order valence-electron chi connectivity index (χ0n) is 14.7. The lowest BCUT2D eigenvalue weighted by Gasteiger charge is -2.10. The van der Waals surface area contributed by atoms with Gasteiger partial charge >= 0.3 is 10.8 Å². The number of nitrogens with zero attached hydrogens (tertiary/aromatic N) is 2. The summed E-state index contributed by atoms with van der Waals surface area (Å²) in [5.74, 6) is -0.906. The molecule has 0 aliphatic rings. The first-order valence-corrected chi connectivity index (χ1v) is 8.60. The first kappa shape index (κ1) is 20.1. The Morgan fingerprint density at radius 3 is 2.93 bits per heavy atom. The highest BCUT2D eigenvalue weighted by Gasteiger charge is 2.20. The summed E-state index contributed by atoms with van der Waals surface area (Å²) >= 11 is 1.10. The molecule has 0 atom stereocenters. The van der Waals surface area contributed by atoms with Gasteiger partial charge in [-0.05, 0) is 35.6 Å². The molecule has 0 aliphatic carbocycles. The lowest BCUT2D eigenvalue weighted by Crippen LogP contribution is -2.65. The van der Waals surface area contributed by atoms with Crippen LogP contribution in [0.3, 0.4) is 0 Å². The topological polar surface area (TPSA) is 172 Å². The van der Waals surface area contributed by atoms with Crippen molar-refractivity contribution in [2.45, 2.75) is 6.92 Å². The lowest BCUT2D eigenvalue weighted by atomic mass is 10.3. The summed E-state index contributed by atoms with van der Waals surface area (Å²) in [6, 6.07) is 1.36. The summed E-state index contributed by atoms with van der Waals surface area (Å²) in [4.78, 5) is 27.3. The fourth-order valence-electron chi connectivity index (χ4n) is 1.96. The minimum atomic E-state index is -0.789. The molecule has 0 spiro atoms. The molecule has 2 heterocycles. The van der Waals surface area contributed by atoms with E-state index in [1.807, 2.05) is 0 Å². The van der Waals surface area contributed by atoms with Gasteiger partial charge in [0.25, 0.3) is 5.91 Å². The quantitative estimate of drug-likeness (QED) is 0.344. The van der Waals surface area contributed by atoms with Crippen LogP contribution < -0.4 is 37.5 Å². The molecule has 0 aromatic carbocycles. The van der Waals surface area contributed by atoms with E-state index in [0.717, 1.165) is 17.0 Å². The molecule has 0 aliphatic heterocycles. The largest absolute Gasteiger partial charge is 0.488 e. The maximum Gasteiger partial charge on any atom is 0.409 e. The van der Waals surface area contributed by atoms with Crippen LogP contribution in [-0.4, -0.2) is 42.0 Å². The molecule has 0 bridgehead atoms. The molecule has 0 radical (unpaired) electrons. The SMILES string of the molecule is COc1c(NCCN)cc(C(=O)Nc2nnc(/[NH+]=C(C)/C=C\N)s2)oc1=O. The number of carbonyl (C=O) groups excluding carboxylic acids is 1. The summed E-state index contributed by atoms with van der Waals surface area (Å²) in [7, 11) is 1.33. The van der Waals surface area contributed by atoms with Gasteiger partial charge in [-0.25, -0.2) is 9.79 Å². The van der Waals surface area contributed by atoms with Gasteiger partial charge in [0.1, 0.15) is 5.71 Å². The first-order valence-electron chi connectivity index (χ1n) is 7.78. The van der Waals surface area contributed by atoms with Gasteiger partial charge < -0.3 is 25.9 Å². The van der Waals surface area contributed by atoms with Crippen molar-refractivity contribution in [3.63, 3.8) is 0 Å². The van der Waals surface area contributed by atoms with Crippen LogP contribution in [0.25, 0.3) is 0 Å². The molecule has 2 aromatic rings. The Morgan fingerprint density at radius 2 is 2.26 bits per heavy atom. The van der Waals surface area contributed by atoms with Gasteiger partial charge in [0.05, 0.1) is 17.9 Å². The maximum absolute atomic E-state index is 12.4. The number of allylic oxidation sites excluding steroid dienone is 1. The average molecular weight is 394 g/mol. The molecule has 7 N–H and O–H groups in total. The van der Waals surface area contributed by atoms with Gasteiger partial charge in [0.15, 0.2) is 5.76 Å². The molecule has 144 valence electrons. The molecule has 0 saturated heterocycles. The second-order valence-corrected chi connectivity index (χ2v) is 6.07. The van der Waals surface area contributed by atoms with Crippen LogP contribution >= 0.6 is 11.3 Å². The third kappa shape index (κ3) is 5.36. The van der Waals surface area contributed by atoms with Crippen molar-refractivity contribution in [2.24, 2.45) is 11.5 Å². The van der Waals surface area contributed by atoms with Gasteiger partial charge in [0, 0.05) is 19.2 Å². The zero-order valence-corrected chi connectivity index (χ0v) is 15.6. The second kappa shape index (κ2) is 9.45. The summed E-state index contributed by atoms with van der Waals surface area (Å²) in [5.41, 5.74) is 11.0. The smallest absolute Gasteiger partial charge is 0.409 e. The summed E-state index contributed by atoms with van der Waals surface area (Å²) < 4.78 is 10.0. The lowest BCUT2D eigenvalue weighted by molar-refractivity contribution is -0.353. The number of hydrogen-bond donors (Lipinski definition) is 5. The number of amides is 1. The van der Waals surface area contributed by atoms with Crippen molar-refractivity contribution >= 4 is 38.9 Å². The second-order valence-electron chi connectivity index (χ2n) is 5.09. The third-order valence-electron chi connectivity index (χ3n) is 3.09. The fourth-order valence-corrected chi connectivity index (χ4v) is 2.67. The standard InChI is InChI=1S/C15H19N7O4S/c1-8(3-4-16)19-14-21-22-15(27-14)20-12(23)10-7-9(18-6-5-17)11(25-2)13(24)26-10/h3-4,7,18H,5-6,16-17H2,1-2H3,(H,20,22,23)/p+1/b4-3-,19-8+. The predicted octanol–water partition coefficient (Wildman–Crippen LogP) is -1.23. The molecule has 0 saturated carbocycles. The molecule has 2 rings (SSSR count). The number of anilines is 2. The minimum Gasteiger partial charge on any atom is -0.488 e. The Labute approximate surface area is 158 Å². The molecule has 1 amide bonds. The van der Waals surface area contributed by atoms with Crippen LogP contribution in [0.15, 0.2) is 27.6 Å². The van der Waals surface area contributed by atoms with Crippen LogP contribution in [0, 0.1) is 0 Å². The number of ether oxygens (including phenoxy) is 1. The highest BCUT2D eigenvalue weighted by Crippen LogP contribution is 2.22. The Balaban J connectivity index is 2.21. The summed E-state index contributed by atoms with van der Waals surface area (Å²) in [6.45, 7) is 2.52. The van der Waals surface area contributed by atoms with Crippen LogP contribution in [0.5, 0.6) is 5.75 Å². The van der Waals surface area contributed by atoms with E-state index in [9.17, 15) is 9.59 Å². The number of aromatic nitrogens is 2. The number of methoxy groups -OCH3 is 1. The van der Waals surface area contributed by atoms with Crippen LogP contribution in [0.2, 0.25) is 0 Å². The molecule has 27 heavy (non-hydrogen) atoms. The van der Waals surface area contributed by atoms with Crippen LogP contribution in [0.1, 0.15) is 17.5 Å². The maximum atomic E-state index is 12.4. The first-order chi connectivity index (χ1) is 13.0. The number of carbonyl (C=O) groups is 1. The van der Waals surface area contributed by atoms with E-state index in [2.05, 4.69) is 25.8 Å². The van der Waals surface area contributed by atoms with E-state index in [-0.39, 0.29) is 16.6 Å². The van der Waals surface area contributed by atoms with Crippen molar-refractivity contribution in [3.05, 3.63) is 34.5 Å². The van der Waals surface area contributed by atoms with E-state index < -0.39 is 11.5 Å². The summed E-state index contributed by atoms with van der Waals surface area (Å²) in [5, 5.41) is 13.9. The van der Waals surface area contributed by atoms with Crippen LogP contribution in [0.4, 0.5) is 16.0 Å². The van der Waals surface area contributed by atoms with Crippen LogP contribution in [-0.2, 0) is 0 Å². The number of hydrogen-bond acceptors (Lipinski definition) is 10.